The van der Waals surface area contributed by atoms with Crippen LogP contribution in [0.4, 0.5) is 10.9 Å². The second-order valence-electron chi connectivity index (χ2n) is 3.94. The van der Waals surface area contributed by atoms with E-state index < -0.39 is 0 Å². The summed E-state index contributed by atoms with van der Waals surface area (Å²) >= 11 is 3.07. The second kappa shape index (κ2) is 6.84. The molecule has 1 aromatic rings. The summed E-state index contributed by atoms with van der Waals surface area (Å²) in [6.45, 7) is 3.59. The van der Waals surface area contributed by atoms with Gasteiger partial charge in [-0.1, -0.05) is 11.3 Å². The van der Waals surface area contributed by atoms with Crippen LogP contribution in [-0.4, -0.2) is 55.0 Å². The number of hydrogen-bond acceptors (Lipinski definition) is 6. The molecule has 5 nitrogen and oxygen atoms in total. The number of nitrogens with two attached hydrogens (primary N) is 1. The third-order valence-electron chi connectivity index (χ3n) is 2.61. The Hall–Kier alpha value is -0.950. The van der Waals surface area contributed by atoms with Crippen LogP contribution >= 0.6 is 23.1 Å². The van der Waals surface area contributed by atoms with E-state index in [4.69, 9.17) is 5.73 Å². The minimum atomic E-state index is -0.0465. The van der Waals surface area contributed by atoms with Gasteiger partial charge >= 0.3 is 0 Å². The zero-order valence-electron chi connectivity index (χ0n) is 11.3. The molecule has 1 heterocycles. The molecular weight excluding hydrogens is 268 g/mol. The average molecular weight is 288 g/mol. The number of carbonyl (C=O) groups excluding carboxylic acids is 1. The van der Waals surface area contributed by atoms with Crippen LogP contribution in [0.3, 0.4) is 0 Å². The molecule has 0 aromatic carbocycles. The Balaban J connectivity index is 2.82. The number of anilines is 2. The largest absolute Gasteiger partial charge is 0.382 e. The van der Waals surface area contributed by atoms with Crippen molar-refractivity contribution in [1.29, 1.82) is 0 Å². The van der Waals surface area contributed by atoms with Crippen molar-refractivity contribution in [2.45, 2.75) is 6.92 Å². The third-order valence-corrected chi connectivity index (χ3v) is 4.38. The van der Waals surface area contributed by atoms with E-state index in [2.05, 4.69) is 4.98 Å². The van der Waals surface area contributed by atoms with Crippen LogP contribution in [0.2, 0.25) is 0 Å². The summed E-state index contributed by atoms with van der Waals surface area (Å²) in [5.41, 5.74) is 5.82. The third kappa shape index (κ3) is 3.52. The fourth-order valence-electron chi connectivity index (χ4n) is 1.28. The van der Waals surface area contributed by atoms with Crippen molar-refractivity contribution in [3.05, 3.63) is 4.88 Å². The van der Waals surface area contributed by atoms with Crippen molar-refractivity contribution in [2.75, 3.05) is 49.8 Å². The van der Waals surface area contributed by atoms with Gasteiger partial charge in [-0.2, -0.15) is 11.8 Å². The van der Waals surface area contributed by atoms with Crippen molar-refractivity contribution < 1.29 is 4.79 Å². The van der Waals surface area contributed by atoms with E-state index in [0.717, 1.165) is 24.0 Å². The fourth-order valence-corrected chi connectivity index (χ4v) is 2.74. The van der Waals surface area contributed by atoms with E-state index in [0.29, 0.717) is 10.7 Å². The second-order valence-corrected chi connectivity index (χ2v) is 5.91. The standard InChI is InChI=1S/C11H20N4OS2/c1-5-14(2)11-13-9(12)8(18-11)10(16)15(3)6-7-17-4/h5-7,12H2,1-4H3. The Labute approximate surface area is 116 Å². The monoisotopic (exact) mass is 288 g/mol. The molecule has 1 rings (SSSR count). The van der Waals surface area contributed by atoms with Gasteiger partial charge in [0.1, 0.15) is 10.7 Å². The minimum absolute atomic E-state index is 0.0465. The van der Waals surface area contributed by atoms with E-state index >= 15 is 0 Å². The molecule has 0 bridgehead atoms. The van der Waals surface area contributed by atoms with Crippen LogP contribution in [0.5, 0.6) is 0 Å². The fraction of sp³-hybridized carbons (Fsp3) is 0.636. The van der Waals surface area contributed by atoms with Gasteiger partial charge in [-0.25, -0.2) is 4.98 Å². The van der Waals surface area contributed by atoms with E-state index in [1.807, 2.05) is 25.1 Å². The quantitative estimate of drug-likeness (QED) is 0.862. The smallest absolute Gasteiger partial charge is 0.267 e. The van der Waals surface area contributed by atoms with Crippen LogP contribution in [0, 0.1) is 0 Å². The van der Waals surface area contributed by atoms with Gasteiger partial charge < -0.3 is 15.5 Å². The van der Waals surface area contributed by atoms with Crippen molar-refractivity contribution in [3.63, 3.8) is 0 Å². The van der Waals surface area contributed by atoms with Crippen molar-refractivity contribution >= 4 is 40.0 Å². The normalized spacial score (nSPS) is 10.4. The molecule has 1 amide bonds. The predicted octanol–water partition coefficient (Wildman–Crippen LogP) is 1.62. The molecule has 0 spiro atoms. The van der Waals surface area contributed by atoms with Gasteiger partial charge in [0.15, 0.2) is 5.13 Å². The SMILES string of the molecule is CCN(C)c1nc(N)c(C(=O)N(C)CCSC)s1. The maximum Gasteiger partial charge on any atom is 0.267 e. The highest BCUT2D eigenvalue weighted by Crippen LogP contribution is 2.28. The van der Waals surface area contributed by atoms with Gasteiger partial charge in [0, 0.05) is 32.9 Å². The molecule has 18 heavy (non-hydrogen) atoms. The Morgan fingerprint density at radius 3 is 2.72 bits per heavy atom. The molecule has 0 saturated carbocycles. The van der Waals surface area contributed by atoms with E-state index in [1.165, 1.54) is 11.3 Å². The maximum atomic E-state index is 12.2. The zero-order valence-corrected chi connectivity index (χ0v) is 12.9. The van der Waals surface area contributed by atoms with E-state index in [-0.39, 0.29) is 5.91 Å². The number of thiazole rings is 1. The van der Waals surface area contributed by atoms with Crippen LogP contribution in [0.1, 0.15) is 16.6 Å². The minimum Gasteiger partial charge on any atom is -0.382 e. The molecule has 0 saturated heterocycles. The summed E-state index contributed by atoms with van der Waals surface area (Å²) in [7, 11) is 3.73. The molecule has 7 heteroatoms. The van der Waals surface area contributed by atoms with E-state index in [1.54, 1.807) is 23.7 Å². The highest BCUT2D eigenvalue weighted by Gasteiger charge is 2.20. The number of amides is 1. The summed E-state index contributed by atoms with van der Waals surface area (Å²) in [5, 5.41) is 0.789. The Morgan fingerprint density at radius 2 is 2.17 bits per heavy atom. The Morgan fingerprint density at radius 1 is 1.50 bits per heavy atom. The number of nitrogens with zero attached hydrogens (tertiary/aromatic N) is 3. The van der Waals surface area contributed by atoms with E-state index in [9.17, 15) is 4.79 Å². The number of aromatic nitrogens is 1. The first-order valence-electron chi connectivity index (χ1n) is 5.73. The summed E-state index contributed by atoms with van der Waals surface area (Å²) in [4.78, 5) is 20.6. The van der Waals surface area contributed by atoms with Gasteiger partial charge in [-0.15, -0.1) is 0 Å². The average Bonchev–Trinajstić information content (AvgIpc) is 2.76. The van der Waals surface area contributed by atoms with Gasteiger partial charge in [-0.05, 0) is 13.2 Å². The molecule has 0 aliphatic rings. The van der Waals surface area contributed by atoms with Crippen molar-refractivity contribution in [1.82, 2.24) is 9.88 Å². The molecule has 1 aromatic heterocycles. The van der Waals surface area contributed by atoms with Crippen LogP contribution in [0.25, 0.3) is 0 Å². The summed E-state index contributed by atoms with van der Waals surface area (Å²) in [6.07, 6.45) is 2.02. The van der Waals surface area contributed by atoms with Gasteiger partial charge in [0.05, 0.1) is 0 Å². The molecule has 2 N–H and O–H groups in total. The number of hydrogen-bond donors (Lipinski definition) is 1. The predicted molar refractivity (Wildman–Crippen MR) is 80.8 cm³/mol. The van der Waals surface area contributed by atoms with Gasteiger partial charge in [0.25, 0.3) is 5.91 Å². The first kappa shape index (κ1) is 15.1. The lowest BCUT2D eigenvalue weighted by Gasteiger charge is -2.15. The van der Waals surface area contributed by atoms with Crippen LogP contribution < -0.4 is 10.6 Å². The molecule has 102 valence electrons. The topological polar surface area (TPSA) is 62.5 Å². The summed E-state index contributed by atoms with van der Waals surface area (Å²) < 4.78 is 0. The maximum absolute atomic E-state index is 12.2. The first-order chi connectivity index (χ1) is 8.51. The molecule has 0 fully saturated rings. The van der Waals surface area contributed by atoms with Gasteiger partial charge in [0.2, 0.25) is 0 Å². The number of carbonyl (C=O) groups is 1. The highest BCUT2D eigenvalue weighted by atomic mass is 32.2. The van der Waals surface area contributed by atoms with Crippen molar-refractivity contribution in [3.8, 4) is 0 Å². The Kier molecular flexibility index (Phi) is 5.74. The lowest BCUT2D eigenvalue weighted by atomic mass is 10.4. The van der Waals surface area contributed by atoms with Crippen LogP contribution in [-0.2, 0) is 0 Å². The Bertz CT molecular complexity index is 408. The molecule has 0 aliphatic heterocycles. The highest BCUT2D eigenvalue weighted by molar-refractivity contribution is 7.98. The van der Waals surface area contributed by atoms with Gasteiger partial charge in [-0.3, -0.25) is 4.79 Å². The summed E-state index contributed by atoms with van der Waals surface area (Å²) in [5.74, 6) is 1.20. The molecule has 0 aliphatic carbocycles. The number of thioether (sulfide) groups is 1. The summed E-state index contributed by atoms with van der Waals surface area (Å²) in [6, 6.07) is 0. The van der Waals surface area contributed by atoms with Crippen LogP contribution in [0.15, 0.2) is 0 Å². The van der Waals surface area contributed by atoms with Crippen molar-refractivity contribution in [2.24, 2.45) is 0 Å². The number of nitrogen functional groups attached to an aromatic ring is 1. The molecule has 0 radical (unpaired) electrons. The molecular formula is C11H20N4OS2. The molecule has 0 atom stereocenters. The number of rotatable bonds is 6. The first-order valence-corrected chi connectivity index (χ1v) is 7.94. The lowest BCUT2D eigenvalue weighted by Crippen LogP contribution is -2.28. The zero-order chi connectivity index (χ0) is 13.7. The lowest BCUT2D eigenvalue weighted by molar-refractivity contribution is 0.0809. The molecule has 0 unspecified atom stereocenters.